The molecule has 1 aliphatic heterocycles. The first-order valence-corrected chi connectivity index (χ1v) is 4.99. The van der Waals surface area contributed by atoms with Gasteiger partial charge in [-0.2, -0.15) is 0 Å². The van der Waals surface area contributed by atoms with Crippen molar-refractivity contribution in [2.45, 2.75) is 19.3 Å². The zero-order valence-corrected chi connectivity index (χ0v) is 7.64. The maximum Gasteiger partial charge on any atom is 0.0341 e. The molecule has 0 saturated heterocycles. The minimum Gasteiger partial charge on any atom is -0.385 e. The zero-order valence-electron chi connectivity index (χ0n) is 7.64. The number of allylic oxidation sites excluding steroid dienone is 7. The highest BCUT2D eigenvalue weighted by molar-refractivity contribution is 5.56. The fourth-order valence-corrected chi connectivity index (χ4v) is 2.28. The lowest BCUT2D eigenvalue weighted by Crippen LogP contribution is -2.22. The molecule has 0 saturated carbocycles. The molecule has 3 rings (SSSR count). The Labute approximate surface area is 78.5 Å². The molecule has 0 aromatic carbocycles. The monoisotopic (exact) mass is 171 g/mol. The van der Waals surface area contributed by atoms with Crippen LogP contribution in [0, 0.1) is 0 Å². The van der Waals surface area contributed by atoms with Gasteiger partial charge in [0.25, 0.3) is 0 Å². The van der Waals surface area contributed by atoms with Gasteiger partial charge in [-0.3, -0.25) is 0 Å². The highest BCUT2D eigenvalue weighted by atomic mass is 14.9. The van der Waals surface area contributed by atoms with Crippen LogP contribution in [-0.2, 0) is 0 Å². The van der Waals surface area contributed by atoms with E-state index in [1.54, 1.807) is 5.57 Å². The van der Waals surface area contributed by atoms with Crippen molar-refractivity contribution in [3.05, 3.63) is 46.7 Å². The lowest BCUT2D eigenvalue weighted by Gasteiger charge is -2.25. The Balaban J connectivity index is 2.03. The summed E-state index contributed by atoms with van der Waals surface area (Å²) in [7, 11) is 0. The molecule has 1 N–H and O–H groups in total. The Kier molecular flexibility index (Phi) is 1.45. The molecule has 0 spiro atoms. The van der Waals surface area contributed by atoms with E-state index in [-0.39, 0.29) is 0 Å². The van der Waals surface area contributed by atoms with Crippen LogP contribution >= 0.6 is 0 Å². The van der Waals surface area contributed by atoms with E-state index in [9.17, 15) is 0 Å². The van der Waals surface area contributed by atoms with Crippen molar-refractivity contribution in [1.29, 1.82) is 0 Å². The van der Waals surface area contributed by atoms with Crippen LogP contribution in [0.2, 0.25) is 0 Å². The van der Waals surface area contributed by atoms with Crippen LogP contribution in [0.4, 0.5) is 0 Å². The molecule has 0 aromatic heterocycles. The molecule has 66 valence electrons. The van der Waals surface area contributed by atoms with E-state index in [4.69, 9.17) is 0 Å². The molecular formula is C12H13N. The average Bonchev–Trinajstić information content (AvgIpc) is 2.61. The maximum atomic E-state index is 3.48. The molecule has 0 unspecified atom stereocenters. The summed E-state index contributed by atoms with van der Waals surface area (Å²) in [6, 6.07) is 0. The van der Waals surface area contributed by atoms with Gasteiger partial charge in [-0.25, -0.2) is 0 Å². The van der Waals surface area contributed by atoms with Gasteiger partial charge in [0.1, 0.15) is 0 Å². The van der Waals surface area contributed by atoms with Gasteiger partial charge in [0.05, 0.1) is 0 Å². The minimum atomic E-state index is 1.14. The number of hydrogen-bond acceptors (Lipinski definition) is 1. The van der Waals surface area contributed by atoms with Gasteiger partial charge in [-0.1, -0.05) is 18.2 Å². The van der Waals surface area contributed by atoms with Crippen LogP contribution in [0.25, 0.3) is 0 Å². The predicted octanol–water partition coefficient (Wildman–Crippen LogP) is 2.45. The summed E-state index contributed by atoms with van der Waals surface area (Å²) in [6.45, 7) is 1.14. The Bertz CT molecular complexity index is 367. The molecule has 0 atom stereocenters. The SMILES string of the molecule is C1=CC2=CC3=C(CCCN3)CC2=C1. The third-order valence-electron chi connectivity index (χ3n) is 3.00. The lowest BCUT2D eigenvalue weighted by molar-refractivity contribution is 0.657. The highest BCUT2D eigenvalue weighted by Crippen LogP contribution is 2.34. The fraction of sp³-hybridized carbons (Fsp3) is 0.333. The summed E-state index contributed by atoms with van der Waals surface area (Å²) in [5.41, 5.74) is 5.91. The van der Waals surface area contributed by atoms with Crippen LogP contribution in [-0.4, -0.2) is 6.54 Å². The molecule has 0 amide bonds. The Morgan fingerprint density at radius 3 is 3.31 bits per heavy atom. The molecule has 0 bridgehead atoms. The minimum absolute atomic E-state index is 1.14. The molecule has 0 aromatic rings. The van der Waals surface area contributed by atoms with Gasteiger partial charge >= 0.3 is 0 Å². The van der Waals surface area contributed by atoms with E-state index in [1.807, 2.05) is 0 Å². The Hall–Kier alpha value is -1.24. The molecular weight excluding hydrogens is 158 g/mol. The van der Waals surface area contributed by atoms with Crippen LogP contribution in [0.3, 0.4) is 0 Å². The summed E-state index contributed by atoms with van der Waals surface area (Å²) in [6.07, 6.45) is 12.6. The fourth-order valence-electron chi connectivity index (χ4n) is 2.28. The van der Waals surface area contributed by atoms with E-state index in [0.29, 0.717) is 0 Å². The average molecular weight is 171 g/mol. The zero-order chi connectivity index (χ0) is 8.67. The third-order valence-corrected chi connectivity index (χ3v) is 3.00. The van der Waals surface area contributed by atoms with Crippen molar-refractivity contribution < 1.29 is 0 Å². The van der Waals surface area contributed by atoms with Crippen molar-refractivity contribution >= 4 is 0 Å². The molecule has 3 aliphatic rings. The van der Waals surface area contributed by atoms with Crippen molar-refractivity contribution in [1.82, 2.24) is 5.32 Å². The summed E-state index contributed by atoms with van der Waals surface area (Å²) in [5, 5.41) is 3.48. The first-order chi connectivity index (χ1) is 6.43. The van der Waals surface area contributed by atoms with E-state index < -0.39 is 0 Å². The molecule has 1 nitrogen and oxygen atoms in total. The van der Waals surface area contributed by atoms with Crippen molar-refractivity contribution in [3.63, 3.8) is 0 Å². The molecule has 13 heavy (non-hydrogen) atoms. The Morgan fingerprint density at radius 2 is 2.31 bits per heavy atom. The molecule has 2 aliphatic carbocycles. The number of hydrogen-bond donors (Lipinski definition) is 1. The molecule has 0 radical (unpaired) electrons. The summed E-state index contributed by atoms with van der Waals surface area (Å²) < 4.78 is 0. The largest absolute Gasteiger partial charge is 0.385 e. The molecule has 0 fully saturated rings. The first-order valence-electron chi connectivity index (χ1n) is 4.99. The van der Waals surface area contributed by atoms with Crippen molar-refractivity contribution in [3.8, 4) is 0 Å². The second-order valence-corrected chi connectivity index (χ2v) is 3.88. The van der Waals surface area contributed by atoms with E-state index >= 15 is 0 Å². The molecule has 1 heteroatoms. The van der Waals surface area contributed by atoms with E-state index in [1.165, 1.54) is 36.1 Å². The standard InChI is InChI=1S/C12H13N/c1-3-9-7-11-5-2-6-13-12(11)8-10(9)4-1/h1,3-4,8,13H,2,5-7H2. The normalized spacial score (nSPS) is 24.6. The van der Waals surface area contributed by atoms with Crippen LogP contribution in [0.15, 0.2) is 46.7 Å². The van der Waals surface area contributed by atoms with Gasteiger partial charge in [-0.05, 0) is 42.1 Å². The first kappa shape index (κ1) is 7.19. The number of nitrogens with one attached hydrogen (secondary N) is 1. The van der Waals surface area contributed by atoms with E-state index in [2.05, 4.69) is 29.6 Å². The summed E-state index contributed by atoms with van der Waals surface area (Å²) in [5.74, 6) is 0. The van der Waals surface area contributed by atoms with Crippen molar-refractivity contribution in [2.24, 2.45) is 0 Å². The van der Waals surface area contributed by atoms with Gasteiger partial charge in [0, 0.05) is 12.2 Å². The second-order valence-electron chi connectivity index (χ2n) is 3.88. The lowest BCUT2D eigenvalue weighted by atomic mass is 9.88. The van der Waals surface area contributed by atoms with Crippen LogP contribution in [0.1, 0.15) is 19.3 Å². The van der Waals surface area contributed by atoms with Gasteiger partial charge in [0.15, 0.2) is 0 Å². The van der Waals surface area contributed by atoms with E-state index in [0.717, 1.165) is 6.54 Å². The quantitative estimate of drug-likeness (QED) is 0.590. The van der Waals surface area contributed by atoms with Crippen molar-refractivity contribution in [2.75, 3.05) is 6.54 Å². The Morgan fingerprint density at radius 1 is 1.31 bits per heavy atom. The second kappa shape index (κ2) is 2.63. The van der Waals surface area contributed by atoms with Gasteiger partial charge in [0.2, 0.25) is 0 Å². The van der Waals surface area contributed by atoms with Gasteiger partial charge in [-0.15, -0.1) is 0 Å². The van der Waals surface area contributed by atoms with Crippen LogP contribution < -0.4 is 5.32 Å². The highest BCUT2D eigenvalue weighted by Gasteiger charge is 2.19. The van der Waals surface area contributed by atoms with Gasteiger partial charge < -0.3 is 5.32 Å². The number of rotatable bonds is 0. The summed E-state index contributed by atoms with van der Waals surface area (Å²) in [4.78, 5) is 0. The summed E-state index contributed by atoms with van der Waals surface area (Å²) >= 11 is 0. The number of fused-ring (bicyclic) bond motifs is 1. The third kappa shape index (κ3) is 1.07. The van der Waals surface area contributed by atoms with Crippen LogP contribution in [0.5, 0.6) is 0 Å². The maximum absolute atomic E-state index is 3.48. The smallest absolute Gasteiger partial charge is 0.0341 e. The topological polar surface area (TPSA) is 12.0 Å². The predicted molar refractivity (Wildman–Crippen MR) is 54.2 cm³/mol. The molecule has 1 heterocycles.